The van der Waals surface area contributed by atoms with Crippen LogP contribution < -0.4 is 9.47 Å². The molecule has 0 amide bonds. The molecule has 0 aliphatic heterocycles. The molecule has 0 saturated heterocycles. The Balaban J connectivity index is 1.31. The maximum atomic E-state index is 13.1. The number of ether oxygens (including phenoxy) is 2. The summed E-state index contributed by atoms with van der Waals surface area (Å²) in [5.74, 6) is 2.68. The molecule has 2 aliphatic carbocycles. The van der Waals surface area contributed by atoms with Crippen molar-refractivity contribution in [3.63, 3.8) is 0 Å². The van der Waals surface area contributed by atoms with Crippen LogP contribution in [-0.4, -0.2) is 5.97 Å². The van der Waals surface area contributed by atoms with Crippen molar-refractivity contribution in [3.05, 3.63) is 89.5 Å². The van der Waals surface area contributed by atoms with Crippen molar-refractivity contribution >= 4 is 5.97 Å². The maximum absolute atomic E-state index is 13.1. The highest BCUT2D eigenvalue weighted by atomic mass is 16.5. The Labute approximate surface area is 203 Å². The molecule has 5 rings (SSSR count). The lowest BCUT2D eigenvalue weighted by Crippen LogP contribution is -2.11. The summed E-state index contributed by atoms with van der Waals surface area (Å²) in [7, 11) is 0. The highest BCUT2D eigenvalue weighted by molar-refractivity contribution is 5.94. The van der Waals surface area contributed by atoms with Gasteiger partial charge in [0.2, 0.25) is 0 Å². The normalized spacial score (nSPS) is 17.3. The summed E-state index contributed by atoms with van der Waals surface area (Å²) in [4.78, 5) is 13.1. The number of hydrogen-bond acceptors (Lipinski definition) is 3. The van der Waals surface area contributed by atoms with Crippen molar-refractivity contribution in [2.45, 2.75) is 76.0 Å². The van der Waals surface area contributed by atoms with Crippen molar-refractivity contribution in [2.24, 2.45) is 0 Å². The minimum absolute atomic E-state index is 0.389. The molecule has 2 fully saturated rings. The van der Waals surface area contributed by atoms with Gasteiger partial charge < -0.3 is 9.47 Å². The zero-order valence-corrected chi connectivity index (χ0v) is 19.9. The molecule has 3 heteroatoms. The van der Waals surface area contributed by atoms with Crippen LogP contribution in [0.25, 0.3) is 0 Å². The number of esters is 1. The van der Waals surface area contributed by atoms with Gasteiger partial charge in [0.05, 0.1) is 0 Å². The van der Waals surface area contributed by atoms with Crippen molar-refractivity contribution < 1.29 is 14.3 Å². The van der Waals surface area contributed by atoms with E-state index >= 15 is 0 Å². The van der Waals surface area contributed by atoms with E-state index in [-0.39, 0.29) is 5.97 Å². The second-order valence-corrected chi connectivity index (χ2v) is 9.80. The molecule has 0 radical (unpaired) electrons. The second-order valence-electron chi connectivity index (χ2n) is 9.80. The van der Waals surface area contributed by atoms with Gasteiger partial charge in [0.1, 0.15) is 22.8 Å². The first-order valence-electron chi connectivity index (χ1n) is 13.0. The molecule has 3 nitrogen and oxygen atoms in total. The van der Waals surface area contributed by atoms with Crippen LogP contribution in [0.3, 0.4) is 0 Å². The monoisotopic (exact) mass is 454 g/mol. The summed E-state index contributed by atoms with van der Waals surface area (Å²) in [6.45, 7) is 0. The summed E-state index contributed by atoms with van der Waals surface area (Å²) in [5, 5.41) is 0. The number of carbonyl (C=O) groups is 1. The highest BCUT2D eigenvalue weighted by Crippen LogP contribution is 2.36. The van der Waals surface area contributed by atoms with Gasteiger partial charge >= 0.3 is 5.97 Å². The predicted octanol–water partition coefficient (Wildman–Crippen LogP) is 8.79. The molecule has 0 atom stereocenters. The van der Waals surface area contributed by atoms with Gasteiger partial charge in [0.15, 0.2) is 0 Å². The standard InChI is InChI=1S/C31H34O3/c32-31(34-28-18-10-16-26(22-28)24-13-5-2-6-14-24)29-19-7-8-20-30(29)33-27-17-9-15-25(21-27)23-11-3-1-4-12-23/h7-10,15-24H,1-6,11-14H2. The topological polar surface area (TPSA) is 35.5 Å². The van der Waals surface area contributed by atoms with Crippen LogP contribution >= 0.6 is 0 Å². The second kappa shape index (κ2) is 10.9. The first-order chi connectivity index (χ1) is 16.8. The predicted molar refractivity (Wildman–Crippen MR) is 136 cm³/mol. The van der Waals surface area contributed by atoms with E-state index in [0.29, 0.717) is 28.9 Å². The van der Waals surface area contributed by atoms with Gasteiger partial charge in [-0.25, -0.2) is 4.79 Å². The van der Waals surface area contributed by atoms with Gasteiger partial charge in [-0.3, -0.25) is 0 Å². The first kappa shape index (κ1) is 22.7. The third-order valence-electron chi connectivity index (χ3n) is 7.41. The molecule has 0 unspecified atom stereocenters. The number of benzene rings is 3. The third kappa shape index (κ3) is 5.52. The molecule has 3 aromatic carbocycles. The van der Waals surface area contributed by atoms with Crippen LogP contribution in [0, 0.1) is 0 Å². The zero-order chi connectivity index (χ0) is 23.2. The maximum Gasteiger partial charge on any atom is 0.347 e. The Morgan fingerprint density at radius 2 is 1.18 bits per heavy atom. The van der Waals surface area contributed by atoms with E-state index in [1.807, 2.05) is 42.5 Å². The number of hydrogen-bond donors (Lipinski definition) is 0. The number of rotatable bonds is 6. The van der Waals surface area contributed by atoms with Crippen LogP contribution in [0.5, 0.6) is 17.2 Å². The largest absolute Gasteiger partial charge is 0.456 e. The molecule has 0 spiro atoms. The summed E-state index contributed by atoms with van der Waals surface area (Å²) >= 11 is 0. The van der Waals surface area contributed by atoms with Crippen molar-refractivity contribution in [2.75, 3.05) is 0 Å². The zero-order valence-electron chi connectivity index (χ0n) is 19.9. The summed E-state index contributed by atoms with van der Waals surface area (Å²) in [6, 6.07) is 23.7. The van der Waals surface area contributed by atoms with Crippen LogP contribution in [-0.2, 0) is 0 Å². The fourth-order valence-electron chi connectivity index (χ4n) is 5.55. The molecule has 0 bridgehead atoms. The van der Waals surface area contributed by atoms with Crippen molar-refractivity contribution in [1.29, 1.82) is 0 Å². The first-order valence-corrected chi connectivity index (χ1v) is 13.0. The minimum atomic E-state index is -0.389. The quantitative estimate of drug-likeness (QED) is 0.276. The Kier molecular flexibility index (Phi) is 7.28. The van der Waals surface area contributed by atoms with Gasteiger partial charge in [-0.05, 0) is 85.0 Å². The van der Waals surface area contributed by atoms with E-state index in [1.165, 1.54) is 75.3 Å². The lowest BCUT2D eigenvalue weighted by atomic mass is 9.84. The summed E-state index contributed by atoms with van der Waals surface area (Å²) in [5.41, 5.74) is 3.04. The molecule has 0 aromatic heterocycles. The number of para-hydroxylation sites is 1. The average Bonchev–Trinajstić information content (AvgIpc) is 2.90. The average molecular weight is 455 g/mol. The lowest BCUT2D eigenvalue weighted by molar-refractivity contribution is 0.0732. The molecule has 2 saturated carbocycles. The smallest absolute Gasteiger partial charge is 0.347 e. The minimum Gasteiger partial charge on any atom is -0.456 e. The molecule has 176 valence electrons. The third-order valence-corrected chi connectivity index (χ3v) is 7.41. The van der Waals surface area contributed by atoms with Crippen molar-refractivity contribution in [1.82, 2.24) is 0 Å². The van der Waals surface area contributed by atoms with E-state index in [1.54, 1.807) is 6.07 Å². The van der Waals surface area contributed by atoms with Gasteiger partial charge in [0, 0.05) is 0 Å². The Hall–Kier alpha value is -3.07. The van der Waals surface area contributed by atoms with E-state index in [0.717, 1.165) is 5.75 Å². The van der Waals surface area contributed by atoms with E-state index in [2.05, 4.69) is 24.3 Å². The molecule has 3 aromatic rings. The summed E-state index contributed by atoms with van der Waals surface area (Å²) in [6.07, 6.45) is 12.7. The van der Waals surface area contributed by atoms with Gasteiger partial charge in [-0.2, -0.15) is 0 Å². The fourth-order valence-corrected chi connectivity index (χ4v) is 5.55. The van der Waals surface area contributed by atoms with Crippen LogP contribution in [0.4, 0.5) is 0 Å². The SMILES string of the molecule is O=C(Oc1cccc(C2CCCCC2)c1)c1ccccc1Oc1cccc(C2CCCCC2)c1. The van der Waals surface area contributed by atoms with Gasteiger partial charge in [-0.1, -0.05) is 74.9 Å². The van der Waals surface area contributed by atoms with Crippen LogP contribution in [0.1, 0.15) is 97.5 Å². The van der Waals surface area contributed by atoms with Gasteiger partial charge in [-0.15, -0.1) is 0 Å². The molecular formula is C31H34O3. The van der Waals surface area contributed by atoms with E-state index < -0.39 is 0 Å². The Morgan fingerprint density at radius 1 is 0.618 bits per heavy atom. The molecular weight excluding hydrogens is 420 g/mol. The van der Waals surface area contributed by atoms with E-state index in [9.17, 15) is 4.79 Å². The molecule has 34 heavy (non-hydrogen) atoms. The summed E-state index contributed by atoms with van der Waals surface area (Å²) < 4.78 is 12.0. The Morgan fingerprint density at radius 3 is 1.82 bits per heavy atom. The molecule has 0 heterocycles. The number of carbonyl (C=O) groups excluding carboxylic acids is 1. The van der Waals surface area contributed by atoms with Crippen LogP contribution in [0.2, 0.25) is 0 Å². The Bertz CT molecular complexity index is 1110. The lowest BCUT2D eigenvalue weighted by Gasteiger charge is -2.22. The highest BCUT2D eigenvalue weighted by Gasteiger charge is 2.20. The fraction of sp³-hybridized carbons (Fsp3) is 0.387. The molecule has 0 N–H and O–H groups in total. The van der Waals surface area contributed by atoms with Gasteiger partial charge in [0.25, 0.3) is 0 Å². The molecule has 2 aliphatic rings. The van der Waals surface area contributed by atoms with Crippen molar-refractivity contribution in [3.8, 4) is 17.2 Å². The van der Waals surface area contributed by atoms with E-state index in [4.69, 9.17) is 9.47 Å². The van der Waals surface area contributed by atoms with Crippen LogP contribution in [0.15, 0.2) is 72.8 Å².